The number of terminal acetylenes is 1. The molecule has 0 spiro atoms. The molecule has 0 amide bonds. The third-order valence-corrected chi connectivity index (χ3v) is 2.66. The summed E-state index contributed by atoms with van der Waals surface area (Å²) in [4.78, 5) is 0. The molecule has 1 N–H and O–H groups in total. The van der Waals surface area contributed by atoms with Gasteiger partial charge in [0.2, 0.25) is 0 Å². The average molecular weight is 245 g/mol. The third-order valence-electron chi connectivity index (χ3n) is 2.66. The van der Waals surface area contributed by atoms with E-state index in [1.165, 1.54) is 0 Å². The summed E-state index contributed by atoms with van der Waals surface area (Å²) in [5.41, 5.74) is 2.89. The van der Waals surface area contributed by atoms with Gasteiger partial charge in [0.05, 0.1) is 0 Å². The molecule has 0 aliphatic carbocycles. The minimum Gasteiger partial charge on any atom is -0.384 e. The molecule has 0 bridgehead atoms. The SMILES string of the molecule is C#Cc1ccccc1C#CCCNc1ccccc1. The fourth-order valence-electron chi connectivity index (χ4n) is 1.70. The molecule has 2 aromatic rings. The number of hydrogen-bond acceptors (Lipinski definition) is 1. The Balaban J connectivity index is 1.87. The Morgan fingerprint density at radius 1 is 0.895 bits per heavy atom. The maximum atomic E-state index is 5.43. The fourth-order valence-corrected chi connectivity index (χ4v) is 1.70. The Morgan fingerprint density at radius 3 is 2.32 bits per heavy atom. The molecule has 0 heterocycles. The van der Waals surface area contributed by atoms with Gasteiger partial charge in [-0.3, -0.25) is 0 Å². The van der Waals surface area contributed by atoms with Crippen molar-refractivity contribution in [2.75, 3.05) is 11.9 Å². The van der Waals surface area contributed by atoms with Crippen LogP contribution in [0.25, 0.3) is 0 Å². The van der Waals surface area contributed by atoms with Crippen LogP contribution in [0.1, 0.15) is 17.5 Å². The quantitative estimate of drug-likeness (QED) is 0.644. The van der Waals surface area contributed by atoms with Crippen LogP contribution in [0.3, 0.4) is 0 Å². The standard InChI is InChI=1S/C18H15N/c1-2-16-10-6-7-11-17(16)12-8-9-15-19-18-13-4-3-5-14-18/h1,3-7,10-11,13-14,19H,9,15H2. The first-order chi connectivity index (χ1) is 9.40. The number of rotatable bonds is 3. The molecule has 0 atom stereocenters. The molecule has 0 fully saturated rings. The van der Waals surface area contributed by atoms with Gasteiger partial charge in [-0.2, -0.15) is 0 Å². The molecule has 1 heteroatoms. The van der Waals surface area contributed by atoms with Crippen molar-refractivity contribution in [2.45, 2.75) is 6.42 Å². The van der Waals surface area contributed by atoms with E-state index in [1.807, 2.05) is 54.6 Å². The van der Waals surface area contributed by atoms with Gasteiger partial charge in [0.15, 0.2) is 0 Å². The molecule has 1 nitrogen and oxygen atoms in total. The molecular formula is C18H15N. The first-order valence-corrected chi connectivity index (χ1v) is 6.23. The van der Waals surface area contributed by atoms with Gasteiger partial charge in [-0.25, -0.2) is 0 Å². The molecule has 0 aliphatic rings. The molecule has 0 unspecified atom stereocenters. The summed E-state index contributed by atoms with van der Waals surface area (Å²) < 4.78 is 0. The zero-order valence-corrected chi connectivity index (χ0v) is 10.7. The summed E-state index contributed by atoms with van der Waals surface area (Å²) in [6.45, 7) is 0.829. The van der Waals surface area contributed by atoms with E-state index in [0.29, 0.717) is 0 Å². The Hall–Kier alpha value is -2.64. The van der Waals surface area contributed by atoms with Crippen LogP contribution < -0.4 is 5.32 Å². The highest BCUT2D eigenvalue weighted by molar-refractivity contribution is 5.49. The Labute approximate surface area is 114 Å². The Bertz CT molecular complexity index is 624. The topological polar surface area (TPSA) is 12.0 Å². The van der Waals surface area contributed by atoms with Crippen molar-refractivity contribution in [1.82, 2.24) is 0 Å². The maximum absolute atomic E-state index is 5.43. The highest BCUT2D eigenvalue weighted by Crippen LogP contribution is 2.06. The van der Waals surface area contributed by atoms with Crippen LogP contribution in [0, 0.1) is 24.2 Å². The van der Waals surface area contributed by atoms with Gasteiger partial charge >= 0.3 is 0 Å². The van der Waals surface area contributed by atoms with Gasteiger partial charge < -0.3 is 5.32 Å². The lowest BCUT2D eigenvalue weighted by atomic mass is 10.1. The van der Waals surface area contributed by atoms with Gasteiger partial charge in [-0.05, 0) is 24.3 Å². The molecule has 0 saturated heterocycles. The summed E-state index contributed by atoms with van der Waals surface area (Å²) in [6, 6.07) is 17.8. The highest BCUT2D eigenvalue weighted by Gasteiger charge is 1.93. The van der Waals surface area contributed by atoms with E-state index in [1.54, 1.807) is 0 Å². The highest BCUT2D eigenvalue weighted by atomic mass is 14.9. The van der Waals surface area contributed by atoms with Crippen LogP contribution in [0.15, 0.2) is 54.6 Å². The fraction of sp³-hybridized carbons (Fsp3) is 0.111. The lowest BCUT2D eigenvalue weighted by molar-refractivity contribution is 1.10. The van der Waals surface area contributed by atoms with E-state index in [-0.39, 0.29) is 0 Å². The largest absolute Gasteiger partial charge is 0.384 e. The van der Waals surface area contributed by atoms with Gasteiger partial charge in [0, 0.05) is 29.8 Å². The maximum Gasteiger partial charge on any atom is 0.0401 e. The lowest BCUT2D eigenvalue weighted by Crippen LogP contribution is -1.99. The predicted octanol–water partition coefficient (Wildman–Crippen LogP) is 3.52. The normalized spacial score (nSPS) is 9.00. The summed E-state index contributed by atoms with van der Waals surface area (Å²) >= 11 is 0. The summed E-state index contributed by atoms with van der Waals surface area (Å²) in [7, 11) is 0. The molecule has 0 aromatic heterocycles. The van der Waals surface area contributed by atoms with E-state index in [0.717, 1.165) is 29.8 Å². The zero-order chi connectivity index (χ0) is 13.3. The number of nitrogens with one attached hydrogen (secondary N) is 1. The van der Waals surface area contributed by atoms with E-state index in [4.69, 9.17) is 6.42 Å². The smallest absolute Gasteiger partial charge is 0.0401 e. The van der Waals surface area contributed by atoms with Crippen molar-refractivity contribution in [3.63, 3.8) is 0 Å². The second-order valence-electron chi connectivity index (χ2n) is 4.03. The number of benzene rings is 2. The number of para-hydroxylation sites is 1. The van der Waals surface area contributed by atoms with Crippen LogP contribution in [0.4, 0.5) is 5.69 Å². The third kappa shape index (κ3) is 3.95. The monoisotopic (exact) mass is 245 g/mol. The van der Waals surface area contributed by atoms with Crippen LogP contribution in [-0.2, 0) is 0 Å². The lowest BCUT2D eigenvalue weighted by Gasteiger charge is -2.02. The molecule has 92 valence electrons. The van der Waals surface area contributed by atoms with Crippen molar-refractivity contribution in [3.05, 3.63) is 65.7 Å². The molecule has 0 saturated carbocycles. The number of anilines is 1. The molecule has 0 aliphatic heterocycles. The van der Waals surface area contributed by atoms with E-state index >= 15 is 0 Å². The first-order valence-electron chi connectivity index (χ1n) is 6.23. The Morgan fingerprint density at radius 2 is 1.58 bits per heavy atom. The molecular weight excluding hydrogens is 230 g/mol. The van der Waals surface area contributed by atoms with Gasteiger partial charge in [-0.15, -0.1) is 6.42 Å². The second kappa shape index (κ2) is 6.94. The molecule has 0 radical (unpaired) electrons. The van der Waals surface area contributed by atoms with Gasteiger partial charge in [0.25, 0.3) is 0 Å². The van der Waals surface area contributed by atoms with Crippen LogP contribution in [0.5, 0.6) is 0 Å². The van der Waals surface area contributed by atoms with Crippen molar-refractivity contribution in [3.8, 4) is 24.2 Å². The van der Waals surface area contributed by atoms with Crippen molar-refractivity contribution >= 4 is 5.69 Å². The van der Waals surface area contributed by atoms with E-state index < -0.39 is 0 Å². The summed E-state index contributed by atoms with van der Waals surface area (Å²) in [5.74, 6) is 8.90. The number of hydrogen-bond donors (Lipinski definition) is 1. The van der Waals surface area contributed by atoms with E-state index in [9.17, 15) is 0 Å². The van der Waals surface area contributed by atoms with Gasteiger partial charge in [0.1, 0.15) is 0 Å². The van der Waals surface area contributed by atoms with Crippen LogP contribution >= 0.6 is 0 Å². The van der Waals surface area contributed by atoms with Crippen molar-refractivity contribution in [1.29, 1.82) is 0 Å². The summed E-state index contributed by atoms with van der Waals surface area (Å²) in [6.07, 6.45) is 6.21. The Kier molecular flexibility index (Phi) is 4.68. The van der Waals surface area contributed by atoms with Crippen molar-refractivity contribution < 1.29 is 0 Å². The minimum absolute atomic E-state index is 0.786. The average Bonchev–Trinajstić information content (AvgIpc) is 2.48. The van der Waals surface area contributed by atoms with Crippen LogP contribution in [0.2, 0.25) is 0 Å². The van der Waals surface area contributed by atoms with Crippen molar-refractivity contribution in [2.24, 2.45) is 0 Å². The van der Waals surface area contributed by atoms with Crippen LogP contribution in [-0.4, -0.2) is 6.54 Å². The van der Waals surface area contributed by atoms with Gasteiger partial charge in [-0.1, -0.05) is 48.1 Å². The second-order valence-corrected chi connectivity index (χ2v) is 4.03. The summed E-state index contributed by atoms with van der Waals surface area (Å²) in [5, 5.41) is 3.32. The molecule has 19 heavy (non-hydrogen) atoms. The van der Waals surface area contributed by atoms with E-state index in [2.05, 4.69) is 23.1 Å². The minimum atomic E-state index is 0.786. The predicted molar refractivity (Wildman–Crippen MR) is 80.8 cm³/mol. The zero-order valence-electron chi connectivity index (χ0n) is 10.7. The molecule has 2 aromatic carbocycles. The first kappa shape index (κ1) is 12.8. The molecule has 2 rings (SSSR count).